The molecule has 1 aromatic carbocycles. The second-order valence-electron chi connectivity index (χ2n) is 4.05. The maximum absolute atomic E-state index is 13.9. The quantitative estimate of drug-likeness (QED) is 0.838. The van der Waals surface area contributed by atoms with Gasteiger partial charge in [0.25, 0.3) is 0 Å². The highest BCUT2D eigenvalue weighted by atomic mass is 79.9. The summed E-state index contributed by atoms with van der Waals surface area (Å²) in [6, 6.07) is 7.39. The molecule has 2 rings (SSSR count). The van der Waals surface area contributed by atoms with E-state index in [0.717, 1.165) is 21.1 Å². The molecule has 2 aromatic rings. The Bertz CT molecular complexity index is 575. The average Bonchev–Trinajstić information content (AvgIpc) is 2.38. The molecule has 0 radical (unpaired) electrons. The van der Waals surface area contributed by atoms with Crippen LogP contribution < -0.4 is 5.32 Å². The van der Waals surface area contributed by atoms with Gasteiger partial charge in [-0.25, -0.2) is 4.39 Å². The zero-order valence-corrected chi connectivity index (χ0v) is 13.5. The van der Waals surface area contributed by atoms with Crippen LogP contribution in [0.25, 0.3) is 0 Å². The van der Waals surface area contributed by atoms with Crippen LogP contribution in [0.4, 0.5) is 4.39 Å². The lowest BCUT2D eigenvalue weighted by Gasteiger charge is -2.20. The molecule has 0 amide bonds. The van der Waals surface area contributed by atoms with Crippen molar-refractivity contribution < 1.29 is 4.39 Å². The molecule has 2 nitrogen and oxygen atoms in total. The van der Waals surface area contributed by atoms with Crippen molar-refractivity contribution in [2.24, 2.45) is 0 Å². The lowest BCUT2D eigenvalue weighted by Crippen LogP contribution is -2.23. The maximum Gasteiger partial charge on any atom is 0.146 e. The monoisotopic (exact) mass is 386 g/mol. The Hall–Kier alpha value is -0.780. The van der Waals surface area contributed by atoms with E-state index in [0.29, 0.717) is 5.56 Å². The number of nitrogens with zero attached hydrogens (tertiary/aromatic N) is 1. The van der Waals surface area contributed by atoms with E-state index in [1.807, 2.05) is 25.1 Å². The normalized spacial score (nSPS) is 12.4. The molecule has 0 saturated carbocycles. The van der Waals surface area contributed by atoms with Crippen molar-refractivity contribution in [1.82, 2.24) is 10.3 Å². The number of rotatable bonds is 4. The fourth-order valence-corrected chi connectivity index (χ4v) is 3.22. The maximum atomic E-state index is 13.9. The van der Waals surface area contributed by atoms with E-state index in [1.165, 1.54) is 6.20 Å². The minimum atomic E-state index is -0.303. The van der Waals surface area contributed by atoms with Gasteiger partial charge in [0.15, 0.2) is 0 Å². The number of hydrogen-bond acceptors (Lipinski definition) is 2. The van der Waals surface area contributed by atoms with E-state index in [-0.39, 0.29) is 11.9 Å². The molecule has 0 aliphatic carbocycles. The summed E-state index contributed by atoms with van der Waals surface area (Å²) in [6.45, 7) is 2.74. The Kier molecular flexibility index (Phi) is 5.07. The molecule has 1 aromatic heterocycles. The van der Waals surface area contributed by atoms with E-state index in [1.54, 1.807) is 12.3 Å². The molecule has 0 saturated heterocycles. The van der Waals surface area contributed by atoms with Crippen LogP contribution in [-0.2, 0) is 0 Å². The van der Waals surface area contributed by atoms with Crippen LogP contribution in [0.3, 0.4) is 0 Å². The predicted molar refractivity (Wildman–Crippen MR) is 81.6 cm³/mol. The van der Waals surface area contributed by atoms with Gasteiger partial charge >= 0.3 is 0 Å². The van der Waals surface area contributed by atoms with Gasteiger partial charge in [0.05, 0.1) is 12.2 Å². The number of hydrogen-bond donors (Lipinski definition) is 1. The Morgan fingerprint density at radius 1 is 1.26 bits per heavy atom. The van der Waals surface area contributed by atoms with Gasteiger partial charge in [0.1, 0.15) is 5.82 Å². The Morgan fingerprint density at radius 2 is 2.05 bits per heavy atom. The zero-order chi connectivity index (χ0) is 13.8. The van der Waals surface area contributed by atoms with E-state index in [2.05, 4.69) is 42.2 Å². The van der Waals surface area contributed by atoms with E-state index >= 15 is 0 Å². The molecule has 19 heavy (non-hydrogen) atoms. The first kappa shape index (κ1) is 14.6. The molecule has 1 unspecified atom stereocenters. The fraction of sp³-hybridized carbons (Fsp3) is 0.214. The first-order chi connectivity index (χ1) is 9.13. The highest BCUT2D eigenvalue weighted by molar-refractivity contribution is 9.11. The first-order valence-electron chi connectivity index (χ1n) is 5.91. The predicted octanol–water partition coefficient (Wildman–Crippen LogP) is 4.44. The highest BCUT2D eigenvalue weighted by Crippen LogP contribution is 2.31. The molecule has 0 aliphatic rings. The van der Waals surface area contributed by atoms with Crippen molar-refractivity contribution in [3.63, 3.8) is 0 Å². The van der Waals surface area contributed by atoms with Gasteiger partial charge in [-0.15, -0.1) is 0 Å². The molecule has 100 valence electrons. The third kappa shape index (κ3) is 3.41. The van der Waals surface area contributed by atoms with Crippen LogP contribution >= 0.6 is 31.9 Å². The summed E-state index contributed by atoms with van der Waals surface area (Å²) < 4.78 is 15.8. The van der Waals surface area contributed by atoms with Crippen molar-refractivity contribution in [2.45, 2.75) is 13.0 Å². The summed E-state index contributed by atoms with van der Waals surface area (Å²) in [6.07, 6.45) is 2.85. The van der Waals surface area contributed by atoms with Crippen LogP contribution in [0.15, 0.2) is 45.6 Å². The third-order valence-electron chi connectivity index (χ3n) is 2.80. The third-order valence-corrected chi connectivity index (χ3v) is 3.98. The lowest BCUT2D eigenvalue weighted by atomic mass is 9.99. The number of halogens is 3. The molecule has 5 heteroatoms. The lowest BCUT2D eigenvalue weighted by molar-refractivity contribution is 0.553. The Balaban J connectivity index is 2.48. The molecule has 0 fully saturated rings. The first-order valence-corrected chi connectivity index (χ1v) is 7.49. The van der Waals surface area contributed by atoms with Gasteiger partial charge in [-0.1, -0.05) is 44.8 Å². The van der Waals surface area contributed by atoms with Crippen molar-refractivity contribution >= 4 is 31.9 Å². The van der Waals surface area contributed by atoms with E-state index in [4.69, 9.17) is 0 Å². The molecular formula is C14H13Br2FN2. The van der Waals surface area contributed by atoms with E-state index in [9.17, 15) is 4.39 Å². The highest BCUT2D eigenvalue weighted by Gasteiger charge is 2.19. The number of aromatic nitrogens is 1. The molecule has 0 spiro atoms. The van der Waals surface area contributed by atoms with Crippen LogP contribution in [0.2, 0.25) is 0 Å². The molecule has 0 aliphatic heterocycles. The van der Waals surface area contributed by atoms with Crippen molar-refractivity contribution in [1.29, 1.82) is 0 Å². The summed E-state index contributed by atoms with van der Waals surface area (Å²) in [7, 11) is 0. The number of pyridine rings is 1. The summed E-state index contributed by atoms with van der Waals surface area (Å²) in [5, 5.41) is 3.30. The van der Waals surface area contributed by atoms with Gasteiger partial charge in [-0.3, -0.25) is 4.98 Å². The second-order valence-corrected chi connectivity index (χ2v) is 5.82. The van der Waals surface area contributed by atoms with Gasteiger partial charge in [-0.05, 0) is 30.3 Å². The number of benzene rings is 1. The van der Waals surface area contributed by atoms with Crippen LogP contribution in [0.5, 0.6) is 0 Å². The fourth-order valence-electron chi connectivity index (χ4n) is 1.95. The minimum Gasteiger partial charge on any atom is -0.306 e. The van der Waals surface area contributed by atoms with E-state index < -0.39 is 0 Å². The average molecular weight is 388 g/mol. The van der Waals surface area contributed by atoms with Crippen LogP contribution in [-0.4, -0.2) is 11.5 Å². The van der Waals surface area contributed by atoms with Crippen molar-refractivity contribution in [2.75, 3.05) is 6.54 Å². The molecule has 1 atom stereocenters. The smallest absolute Gasteiger partial charge is 0.146 e. The van der Waals surface area contributed by atoms with Crippen LogP contribution in [0, 0.1) is 5.82 Å². The van der Waals surface area contributed by atoms with Gasteiger partial charge < -0.3 is 5.32 Å². The summed E-state index contributed by atoms with van der Waals surface area (Å²) in [4.78, 5) is 3.80. The summed E-state index contributed by atoms with van der Waals surface area (Å²) in [5.74, 6) is -0.303. The second kappa shape index (κ2) is 6.59. The Labute approximate surface area is 128 Å². The standard InChI is InChI=1S/C14H13Br2FN2/c1-2-19-14(11-5-6-18-8-13(11)17)10-4-3-9(15)7-12(10)16/h3-8,14,19H,2H2,1H3. The summed E-state index contributed by atoms with van der Waals surface area (Å²) in [5.41, 5.74) is 1.59. The molecule has 1 heterocycles. The van der Waals surface area contributed by atoms with Gasteiger partial charge in [0.2, 0.25) is 0 Å². The molecular weight excluding hydrogens is 375 g/mol. The Morgan fingerprint density at radius 3 is 2.68 bits per heavy atom. The molecule has 0 bridgehead atoms. The van der Waals surface area contributed by atoms with Crippen LogP contribution in [0.1, 0.15) is 24.1 Å². The van der Waals surface area contributed by atoms with Crippen molar-refractivity contribution in [3.8, 4) is 0 Å². The van der Waals surface area contributed by atoms with Gasteiger partial charge in [0, 0.05) is 20.7 Å². The minimum absolute atomic E-state index is 0.199. The number of nitrogens with one attached hydrogen (secondary N) is 1. The molecule has 1 N–H and O–H groups in total. The van der Waals surface area contributed by atoms with Gasteiger partial charge in [-0.2, -0.15) is 0 Å². The SMILES string of the molecule is CCNC(c1ccncc1F)c1ccc(Br)cc1Br. The summed E-state index contributed by atoms with van der Waals surface area (Å²) >= 11 is 6.95. The topological polar surface area (TPSA) is 24.9 Å². The largest absolute Gasteiger partial charge is 0.306 e. The van der Waals surface area contributed by atoms with Crippen molar-refractivity contribution in [3.05, 3.63) is 62.5 Å². The zero-order valence-electron chi connectivity index (χ0n) is 10.3.